The molecule has 0 rings (SSSR count). The molecule has 0 fully saturated rings. The van der Waals surface area contributed by atoms with Gasteiger partial charge in [-0.1, -0.05) is 104 Å². The van der Waals surface area contributed by atoms with Crippen LogP contribution in [0.5, 0.6) is 0 Å². The average molecular weight is 429 g/mol. The zero-order valence-electron chi connectivity index (χ0n) is 19.8. The number of esters is 2. The van der Waals surface area contributed by atoms with Crippen molar-refractivity contribution >= 4 is 11.9 Å². The average Bonchev–Trinajstić information content (AvgIpc) is 2.74. The zero-order chi connectivity index (χ0) is 22.3. The van der Waals surface area contributed by atoms with E-state index in [1.807, 2.05) is 0 Å². The molecule has 0 aromatic carbocycles. The predicted octanol–water partition coefficient (Wildman–Crippen LogP) is 6.50. The summed E-state index contributed by atoms with van der Waals surface area (Å²) in [6.07, 6.45) is 18.8. The molecule has 0 amide bonds. The molecule has 0 spiro atoms. The highest BCUT2D eigenvalue weighted by molar-refractivity contribution is 5.70. The van der Waals surface area contributed by atoms with Crippen molar-refractivity contribution in [3.05, 3.63) is 0 Å². The Balaban J connectivity index is 3.64. The molecule has 0 heterocycles. The van der Waals surface area contributed by atoms with Gasteiger partial charge in [0.15, 0.2) is 6.10 Å². The Bertz CT molecular complexity index is 397. The summed E-state index contributed by atoms with van der Waals surface area (Å²) < 4.78 is 10.4. The van der Waals surface area contributed by atoms with E-state index in [0.29, 0.717) is 12.8 Å². The fraction of sp³-hybridized carbons (Fsp3) is 0.920. The molecule has 1 atom stereocenters. The van der Waals surface area contributed by atoms with Crippen LogP contribution in [-0.2, 0) is 19.1 Å². The monoisotopic (exact) mass is 428 g/mol. The Hall–Kier alpha value is -1.10. The van der Waals surface area contributed by atoms with Gasteiger partial charge in [0.1, 0.15) is 6.61 Å². The first-order valence-corrected chi connectivity index (χ1v) is 12.6. The van der Waals surface area contributed by atoms with E-state index in [9.17, 15) is 14.7 Å². The van der Waals surface area contributed by atoms with Crippen molar-refractivity contribution in [3.63, 3.8) is 0 Å². The third kappa shape index (κ3) is 20.2. The van der Waals surface area contributed by atoms with Gasteiger partial charge in [0.2, 0.25) is 0 Å². The second-order valence-electron chi connectivity index (χ2n) is 8.43. The highest BCUT2D eigenvalue weighted by atomic mass is 16.6. The summed E-state index contributed by atoms with van der Waals surface area (Å²) in [5, 5.41) is 9.37. The summed E-state index contributed by atoms with van der Waals surface area (Å²) in [5.41, 5.74) is 0. The maximum atomic E-state index is 11.9. The lowest BCUT2D eigenvalue weighted by Crippen LogP contribution is -2.28. The highest BCUT2D eigenvalue weighted by Crippen LogP contribution is 2.12. The van der Waals surface area contributed by atoms with Crippen LogP contribution >= 0.6 is 0 Å². The molecule has 0 aromatic rings. The van der Waals surface area contributed by atoms with Gasteiger partial charge in [-0.3, -0.25) is 9.59 Å². The summed E-state index contributed by atoms with van der Waals surface area (Å²) in [7, 11) is 0. The van der Waals surface area contributed by atoms with E-state index in [4.69, 9.17) is 9.47 Å². The van der Waals surface area contributed by atoms with Crippen molar-refractivity contribution in [1.29, 1.82) is 0 Å². The number of carbonyl (C=O) groups excluding carboxylic acids is 2. The standard InChI is InChI=1S/C25H48O5/c1-3-5-7-9-11-12-14-16-18-20-25(28)30-23(21-26)22-29-24(27)19-17-15-13-10-8-6-4-2/h23,26H,3-22H2,1-2H3. The quantitative estimate of drug-likeness (QED) is 0.157. The van der Waals surface area contributed by atoms with Gasteiger partial charge in [0.05, 0.1) is 6.61 Å². The number of hydrogen-bond donors (Lipinski definition) is 1. The van der Waals surface area contributed by atoms with E-state index >= 15 is 0 Å². The van der Waals surface area contributed by atoms with Gasteiger partial charge in [-0.2, -0.15) is 0 Å². The topological polar surface area (TPSA) is 72.8 Å². The molecule has 1 N–H and O–H groups in total. The molecule has 0 aliphatic heterocycles. The lowest BCUT2D eigenvalue weighted by molar-refractivity contribution is -0.161. The van der Waals surface area contributed by atoms with Gasteiger partial charge < -0.3 is 14.6 Å². The first-order valence-electron chi connectivity index (χ1n) is 12.6. The molecular formula is C25H48O5. The Morgan fingerprint density at radius 3 is 1.47 bits per heavy atom. The van der Waals surface area contributed by atoms with Crippen molar-refractivity contribution in [1.82, 2.24) is 0 Å². The summed E-state index contributed by atoms with van der Waals surface area (Å²) in [6, 6.07) is 0. The Morgan fingerprint density at radius 1 is 0.633 bits per heavy atom. The normalized spacial score (nSPS) is 12.0. The van der Waals surface area contributed by atoms with Crippen LogP contribution in [0.1, 0.15) is 129 Å². The number of aliphatic hydroxyl groups is 1. The molecule has 0 aliphatic rings. The molecule has 0 radical (unpaired) electrons. The van der Waals surface area contributed by atoms with E-state index < -0.39 is 6.10 Å². The summed E-state index contributed by atoms with van der Waals surface area (Å²) >= 11 is 0. The number of ether oxygens (including phenoxy) is 2. The first kappa shape index (κ1) is 28.9. The van der Waals surface area contributed by atoms with Gasteiger partial charge in [-0.15, -0.1) is 0 Å². The van der Waals surface area contributed by atoms with E-state index in [2.05, 4.69) is 13.8 Å². The second kappa shape index (κ2) is 22.6. The van der Waals surface area contributed by atoms with Gasteiger partial charge in [0.25, 0.3) is 0 Å². The van der Waals surface area contributed by atoms with Crippen molar-refractivity contribution in [2.24, 2.45) is 0 Å². The fourth-order valence-corrected chi connectivity index (χ4v) is 3.43. The SMILES string of the molecule is CCCCCCCCCCCC(=O)OC(CO)COC(=O)CCCCCCCCC. The molecule has 1 unspecified atom stereocenters. The Morgan fingerprint density at radius 2 is 1.03 bits per heavy atom. The lowest BCUT2D eigenvalue weighted by Gasteiger charge is -2.15. The molecule has 0 aromatic heterocycles. The third-order valence-electron chi connectivity index (χ3n) is 5.40. The zero-order valence-corrected chi connectivity index (χ0v) is 19.8. The lowest BCUT2D eigenvalue weighted by atomic mass is 10.1. The number of aliphatic hydroxyl groups excluding tert-OH is 1. The summed E-state index contributed by atoms with van der Waals surface area (Å²) in [4.78, 5) is 23.7. The minimum atomic E-state index is -0.756. The van der Waals surface area contributed by atoms with E-state index in [1.165, 1.54) is 64.2 Å². The van der Waals surface area contributed by atoms with Crippen molar-refractivity contribution < 1.29 is 24.2 Å². The van der Waals surface area contributed by atoms with Gasteiger partial charge in [-0.25, -0.2) is 0 Å². The van der Waals surface area contributed by atoms with Crippen LogP contribution in [0.15, 0.2) is 0 Å². The molecule has 0 bridgehead atoms. The number of carbonyl (C=O) groups is 2. The van der Waals surface area contributed by atoms with Crippen LogP contribution < -0.4 is 0 Å². The Labute approximate surface area is 185 Å². The molecule has 30 heavy (non-hydrogen) atoms. The summed E-state index contributed by atoms with van der Waals surface area (Å²) in [5.74, 6) is -0.600. The van der Waals surface area contributed by atoms with Gasteiger partial charge in [0, 0.05) is 12.8 Å². The Kier molecular flexibility index (Phi) is 21.8. The molecule has 178 valence electrons. The highest BCUT2D eigenvalue weighted by Gasteiger charge is 2.16. The molecule has 5 nitrogen and oxygen atoms in total. The smallest absolute Gasteiger partial charge is 0.306 e. The molecule has 0 aliphatic carbocycles. The van der Waals surface area contributed by atoms with Crippen LogP contribution in [0, 0.1) is 0 Å². The van der Waals surface area contributed by atoms with Crippen molar-refractivity contribution in [2.75, 3.05) is 13.2 Å². The van der Waals surface area contributed by atoms with Crippen LogP contribution in [0.4, 0.5) is 0 Å². The fourth-order valence-electron chi connectivity index (χ4n) is 3.43. The maximum Gasteiger partial charge on any atom is 0.306 e. The van der Waals surface area contributed by atoms with Crippen molar-refractivity contribution in [2.45, 2.75) is 136 Å². The van der Waals surface area contributed by atoms with Crippen LogP contribution in [0.3, 0.4) is 0 Å². The maximum absolute atomic E-state index is 11.9. The molecule has 0 saturated heterocycles. The van der Waals surface area contributed by atoms with Gasteiger partial charge in [-0.05, 0) is 12.8 Å². The largest absolute Gasteiger partial charge is 0.462 e. The van der Waals surface area contributed by atoms with Crippen molar-refractivity contribution in [3.8, 4) is 0 Å². The molecule has 5 heteroatoms. The van der Waals surface area contributed by atoms with Crippen LogP contribution in [-0.4, -0.2) is 36.4 Å². The van der Waals surface area contributed by atoms with E-state index in [1.54, 1.807) is 0 Å². The minimum Gasteiger partial charge on any atom is -0.462 e. The van der Waals surface area contributed by atoms with E-state index in [-0.39, 0.29) is 25.2 Å². The van der Waals surface area contributed by atoms with Crippen LogP contribution in [0.2, 0.25) is 0 Å². The molecule has 0 saturated carbocycles. The third-order valence-corrected chi connectivity index (χ3v) is 5.40. The predicted molar refractivity (Wildman–Crippen MR) is 122 cm³/mol. The minimum absolute atomic E-state index is 0.0602. The van der Waals surface area contributed by atoms with E-state index in [0.717, 1.165) is 38.5 Å². The summed E-state index contributed by atoms with van der Waals surface area (Å²) in [6.45, 7) is 4.04. The number of unbranched alkanes of at least 4 members (excludes halogenated alkanes) is 14. The molecular weight excluding hydrogens is 380 g/mol. The van der Waals surface area contributed by atoms with Crippen LogP contribution in [0.25, 0.3) is 0 Å². The number of rotatable bonds is 22. The van der Waals surface area contributed by atoms with Gasteiger partial charge >= 0.3 is 11.9 Å². The number of hydrogen-bond acceptors (Lipinski definition) is 5. The first-order chi connectivity index (χ1) is 14.6. The second-order valence-corrected chi connectivity index (χ2v) is 8.43.